The number of fused-ring (bicyclic) bond motifs is 2. The highest BCUT2D eigenvalue weighted by atomic mass is 35.5. The van der Waals surface area contributed by atoms with Crippen LogP contribution in [0.2, 0.25) is 5.02 Å². The zero-order valence-corrected chi connectivity index (χ0v) is 14.8. The van der Waals surface area contributed by atoms with Crippen LogP contribution < -0.4 is 5.32 Å². The van der Waals surface area contributed by atoms with Crippen LogP contribution in [0.1, 0.15) is 24.5 Å². The van der Waals surface area contributed by atoms with Gasteiger partial charge < -0.3 is 5.32 Å². The Kier molecular flexibility index (Phi) is 3.95. The molecule has 1 N–H and O–H groups in total. The number of para-hydroxylation sites is 1. The third kappa shape index (κ3) is 2.77. The molecular weight excluding hydrogens is 316 g/mol. The molecule has 0 saturated carbocycles. The van der Waals surface area contributed by atoms with E-state index in [1.165, 1.54) is 16.7 Å². The first-order valence-corrected chi connectivity index (χ1v) is 8.78. The number of anilines is 2. The fraction of sp³-hybridized carbons (Fsp3) is 0.238. The van der Waals surface area contributed by atoms with Crippen molar-refractivity contribution >= 4 is 34.6 Å². The Balaban J connectivity index is 1.91. The van der Waals surface area contributed by atoms with Crippen LogP contribution in [0.4, 0.5) is 11.4 Å². The maximum atomic E-state index is 6.24. The highest BCUT2D eigenvalue weighted by Gasteiger charge is 2.21. The molecule has 122 valence electrons. The van der Waals surface area contributed by atoms with Crippen molar-refractivity contribution in [2.24, 2.45) is 0 Å². The number of likely N-dealkylation sites (N-methyl/N-ethyl adjacent to an activating group) is 1. The van der Waals surface area contributed by atoms with Crippen LogP contribution in [0, 0.1) is 0 Å². The second-order valence-corrected chi connectivity index (χ2v) is 7.06. The van der Waals surface area contributed by atoms with Gasteiger partial charge in [0, 0.05) is 40.1 Å². The van der Waals surface area contributed by atoms with Crippen molar-refractivity contribution < 1.29 is 0 Å². The molecule has 4 rings (SSSR count). The van der Waals surface area contributed by atoms with Crippen molar-refractivity contribution in [1.29, 1.82) is 0 Å². The summed E-state index contributed by atoms with van der Waals surface area (Å²) in [4.78, 5) is 2.38. The summed E-state index contributed by atoms with van der Waals surface area (Å²) in [6.07, 6.45) is 5.74. The van der Waals surface area contributed by atoms with Gasteiger partial charge in [0.2, 0.25) is 0 Å². The minimum atomic E-state index is 0.455. The number of nitrogens with zero attached hydrogens (tertiary/aromatic N) is 1. The van der Waals surface area contributed by atoms with Gasteiger partial charge in [-0.05, 0) is 61.9 Å². The first-order chi connectivity index (χ1) is 11.6. The van der Waals surface area contributed by atoms with Crippen LogP contribution >= 0.6 is 11.6 Å². The van der Waals surface area contributed by atoms with Crippen LogP contribution in [0.5, 0.6) is 0 Å². The van der Waals surface area contributed by atoms with Gasteiger partial charge in [-0.1, -0.05) is 35.9 Å². The summed E-state index contributed by atoms with van der Waals surface area (Å²) >= 11 is 6.24. The van der Waals surface area contributed by atoms with E-state index in [4.69, 9.17) is 11.6 Å². The molecule has 0 spiro atoms. The number of halogens is 1. The Bertz CT molecular complexity index is 851. The van der Waals surface area contributed by atoms with E-state index in [1.54, 1.807) is 0 Å². The van der Waals surface area contributed by atoms with Crippen LogP contribution in [0.3, 0.4) is 0 Å². The third-order valence-electron chi connectivity index (χ3n) is 5.02. The maximum absolute atomic E-state index is 6.24. The molecule has 2 aliphatic rings. The van der Waals surface area contributed by atoms with E-state index in [1.807, 2.05) is 12.1 Å². The first-order valence-electron chi connectivity index (χ1n) is 8.41. The van der Waals surface area contributed by atoms with E-state index in [9.17, 15) is 0 Å². The first kappa shape index (κ1) is 15.5. The van der Waals surface area contributed by atoms with Gasteiger partial charge in [0.05, 0.1) is 0 Å². The molecule has 3 heteroatoms. The lowest BCUT2D eigenvalue weighted by molar-refractivity contribution is 0.288. The number of rotatable bonds is 1. The third-order valence-corrected chi connectivity index (χ3v) is 5.25. The number of hydrogen-bond donors (Lipinski definition) is 1. The summed E-state index contributed by atoms with van der Waals surface area (Å²) in [5.41, 5.74) is 7.37. The second-order valence-electron chi connectivity index (χ2n) is 6.62. The molecule has 2 aromatic rings. The van der Waals surface area contributed by atoms with Gasteiger partial charge in [-0.3, -0.25) is 4.90 Å². The van der Waals surface area contributed by atoms with Crippen LogP contribution in [0.15, 0.2) is 54.1 Å². The Morgan fingerprint density at radius 3 is 2.79 bits per heavy atom. The van der Waals surface area contributed by atoms with E-state index in [0.717, 1.165) is 34.9 Å². The van der Waals surface area contributed by atoms with Gasteiger partial charge >= 0.3 is 0 Å². The Morgan fingerprint density at radius 1 is 1.12 bits per heavy atom. The standard InChI is InChI=1S/C21H21ClN2/c1-14-11-15(9-10-24(14)2)19-13-16-12-17(22)7-8-20(16)23-21-6-4-3-5-18(19)21/h3-8,11-14,23H,9-10H2,1-2H3/t14-/m0/s1. The molecule has 0 saturated heterocycles. The molecule has 2 aliphatic heterocycles. The van der Waals surface area contributed by atoms with Crippen molar-refractivity contribution in [3.05, 3.63) is 70.3 Å². The van der Waals surface area contributed by atoms with Gasteiger partial charge in [0.1, 0.15) is 0 Å². The molecule has 0 unspecified atom stereocenters. The maximum Gasteiger partial charge on any atom is 0.0464 e. The smallest absolute Gasteiger partial charge is 0.0464 e. The number of allylic oxidation sites excluding steroid dienone is 1. The highest BCUT2D eigenvalue weighted by molar-refractivity contribution is 6.31. The fourth-order valence-corrected chi connectivity index (χ4v) is 3.64. The van der Waals surface area contributed by atoms with E-state index in [0.29, 0.717) is 6.04 Å². The molecule has 2 aromatic carbocycles. The molecule has 0 aliphatic carbocycles. The van der Waals surface area contributed by atoms with Gasteiger partial charge in [-0.15, -0.1) is 0 Å². The highest BCUT2D eigenvalue weighted by Crippen LogP contribution is 2.40. The van der Waals surface area contributed by atoms with Crippen LogP contribution in [-0.4, -0.2) is 24.5 Å². The summed E-state index contributed by atoms with van der Waals surface area (Å²) in [7, 11) is 2.18. The molecule has 24 heavy (non-hydrogen) atoms. The molecule has 0 fully saturated rings. The summed E-state index contributed by atoms with van der Waals surface area (Å²) in [5.74, 6) is 0. The normalized spacial score (nSPS) is 20.2. The largest absolute Gasteiger partial charge is 0.355 e. The van der Waals surface area contributed by atoms with E-state index in [2.05, 4.69) is 66.7 Å². The lowest BCUT2D eigenvalue weighted by atomic mass is 9.90. The minimum absolute atomic E-state index is 0.455. The van der Waals surface area contributed by atoms with Crippen molar-refractivity contribution in [3.63, 3.8) is 0 Å². The van der Waals surface area contributed by atoms with Crippen molar-refractivity contribution in [2.45, 2.75) is 19.4 Å². The zero-order chi connectivity index (χ0) is 16.7. The van der Waals surface area contributed by atoms with Crippen molar-refractivity contribution in [2.75, 3.05) is 18.9 Å². The van der Waals surface area contributed by atoms with Crippen molar-refractivity contribution in [1.82, 2.24) is 4.90 Å². The quantitative estimate of drug-likeness (QED) is 0.730. The van der Waals surface area contributed by atoms with Gasteiger partial charge in [-0.25, -0.2) is 0 Å². The van der Waals surface area contributed by atoms with E-state index >= 15 is 0 Å². The van der Waals surface area contributed by atoms with Gasteiger partial charge in [0.25, 0.3) is 0 Å². The van der Waals surface area contributed by atoms with E-state index in [-0.39, 0.29) is 0 Å². The number of hydrogen-bond acceptors (Lipinski definition) is 2. The average molecular weight is 337 g/mol. The lowest BCUT2D eigenvalue weighted by Gasteiger charge is -2.29. The fourth-order valence-electron chi connectivity index (χ4n) is 3.46. The predicted molar refractivity (Wildman–Crippen MR) is 104 cm³/mol. The Labute approximate surface area is 148 Å². The molecular formula is C21H21ClN2. The topological polar surface area (TPSA) is 15.3 Å². The minimum Gasteiger partial charge on any atom is -0.355 e. The zero-order valence-electron chi connectivity index (χ0n) is 14.0. The Hall–Kier alpha value is -2.03. The summed E-state index contributed by atoms with van der Waals surface area (Å²) in [5, 5.41) is 4.34. The SMILES string of the molecule is C[C@H]1C=C(C2=Cc3cc(Cl)ccc3Nc3ccccc32)CCN1C. The second kappa shape index (κ2) is 6.12. The Morgan fingerprint density at radius 2 is 1.96 bits per heavy atom. The lowest BCUT2D eigenvalue weighted by Crippen LogP contribution is -2.32. The average Bonchev–Trinajstić information content (AvgIpc) is 2.74. The van der Waals surface area contributed by atoms with E-state index < -0.39 is 0 Å². The monoisotopic (exact) mass is 336 g/mol. The number of nitrogens with one attached hydrogen (secondary N) is 1. The summed E-state index contributed by atoms with van der Waals surface area (Å²) in [6.45, 7) is 3.34. The molecule has 0 radical (unpaired) electrons. The van der Waals surface area contributed by atoms with Crippen LogP contribution in [-0.2, 0) is 0 Å². The summed E-state index contributed by atoms with van der Waals surface area (Å²) < 4.78 is 0. The molecule has 0 aromatic heterocycles. The molecule has 2 nitrogen and oxygen atoms in total. The molecule has 0 amide bonds. The van der Waals surface area contributed by atoms with Gasteiger partial charge in [-0.2, -0.15) is 0 Å². The van der Waals surface area contributed by atoms with Crippen molar-refractivity contribution in [3.8, 4) is 0 Å². The predicted octanol–water partition coefficient (Wildman–Crippen LogP) is 5.59. The van der Waals surface area contributed by atoms with Crippen LogP contribution in [0.25, 0.3) is 11.6 Å². The molecule has 2 heterocycles. The molecule has 1 atom stereocenters. The number of benzene rings is 2. The summed E-state index contributed by atoms with van der Waals surface area (Å²) in [6, 6.07) is 15.0. The van der Waals surface area contributed by atoms with Gasteiger partial charge in [0.15, 0.2) is 0 Å². The molecule has 0 bridgehead atoms.